The van der Waals surface area contributed by atoms with Gasteiger partial charge in [0.1, 0.15) is 0 Å². The molecule has 1 fully saturated rings. The Bertz CT molecular complexity index is 475. The molecule has 0 radical (unpaired) electrons. The maximum atomic E-state index is 11.9. The van der Waals surface area contributed by atoms with Crippen molar-refractivity contribution in [2.75, 3.05) is 19.7 Å². The molecule has 2 heterocycles. The third-order valence-corrected chi connectivity index (χ3v) is 4.16. The van der Waals surface area contributed by atoms with Gasteiger partial charge >= 0.3 is 0 Å². The van der Waals surface area contributed by atoms with Crippen LogP contribution in [0.5, 0.6) is 0 Å². The minimum absolute atomic E-state index is 0. The van der Waals surface area contributed by atoms with Gasteiger partial charge in [0.15, 0.2) is 0 Å². The second kappa shape index (κ2) is 7.78. The Morgan fingerprint density at radius 2 is 2.24 bits per heavy atom. The zero-order valence-corrected chi connectivity index (χ0v) is 13.0. The largest absolute Gasteiger partial charge is 0.378 e. The second-order valence-electron chi connectivity index (χ2n) is 5.60. The van der Waals surface area contributed by atoms with Crippen LogP contribution in [0.1, 0.15) is 36.4 Å². The molecule has 3 rings (SSSR count). The van der Waals surface area contributed by atoms with Crippen LogP contribution in [0.4, 0.5) is 0 Å². The first kappa shape index (κ1) is 16.3. The molecule has 1 saturated heterocycles. The highest BCUT2D eigenvalue weighted by molar-refractivity contribution is 5.85. The van der Waals surface area contributed by atoms with Gasteiger partial charge in [0, 0.05) is 19.2 Å². The van der Waals surface area contributed by atoms with E-state index < -0.39 is 0 Å². The molecule has 1 amide bonds. The molecule has 5 heteroatoms. The van der Waals surface area contributed by atoms with E-state index in [2.05, 4.69) is 34.9 Å². The zero-order chi connectivity index (χ0) is 13.8. The lowest BCUT2D eigenvalue weighted by Gasteiger charge is -2.27. The summed E-state index contributed by atoms with van der Waals surface area (Å²) in [6.07, 6.45) is 3.78. The summed E-state index contributed by atoms with van der Waals surface area (Å²) in [7, 11) is 0. The lowest BCUT2D eigenvalue weighted by atomic mass is 9.94. The highest BCUT2D eigenvalue weighted by atomic mass is 35.5. The summed E-state index contributed by atoms with van der Waals surface area (Å²) in [4.78, 5) is 11.9. The maximum absolute atomic E-state index is 11.9. The number of hydrogen-bond donors (Lipinski definition) is 2. The van der Waals surface area contributed by atoms with Crippen LogP contribution in [0.3, 0.4) is 0 Å². The molecule has 2 aliphatic heterocycles. The highest BCUT2D eigenvalue weighted by Gasteiger charge is 2.22. The molecular weight excluding hydrogens is 288 g/mol. The molecule has 0 bridgehead atoms. The molecule has 116 valence electrons. The Morgan fingerprint density at radius 3 is 3.05 bits per heavy atom. The minimum atomic E-state index is 0. The number of rotatable bonds is 4. The number of nitrogens with one attached hydrogen (secondary N) is 2. The average molecular weight is 311 g/mol. The number of halogens is 1. The zero-order valence-electron chi connectivity index (χ0n) is 12.1. The first-order valence-electron chi connectivity index (χ1n) is 7.52. The molecule has 0 spiro atoms. The van der Waals surface area contributed by atoms with Gasteiger partial charge in [-0.15, -0.1) is 12.4 Å². The number of ether oxygens (including phenoxy) is 1. The van der Waals surface area contributed by atoms with E-state index in [1.165, 1.54) is 11.1 Å². The molecule has 0 aromatic heterocycles. The van der Waals surface area contributed by atoms with Crippen molar-refractivity contribution in [3.8, 4) is 0 Å². The molecule has 0 aliphatic carbocycles. The molecule has 2 atom stereocenters. The van der Waals surface area contributed by atoms with Crippen LogP contribution in [0.25, 0.3) is 0 Å². The number of benzene rings is 1. The number of carbonyl (C=O) groups is 1. The number of carbonyl (C=O) groups excluding carboxylic acids is 1. The van der Waals surface area contributed by atoms with E-state index in [-0.39, 0.29) is 30.5 Å². The van der Waals surface area contributed by atoms with Crippen LogP contribution in [0.2, 0.25) is 0 Å². The summed E-state index contributed by atoms with van der Waals surface area (Å²) in [5.74, 6) is 0.0988. The highest BCUT2D eigenvalue weighted by Crippen LogP contribution is 2.22. The van der Waals surface area contributed by atoms with E-state index in [9.17, 15) is 4.79 Å². The third kappa shape index (κ3) is 4.19. The predicted molar refractivity (Wildman–Crippen MR) is 84.7 cm³/mol. The van der Waals surface area contributed by atoms with E-state index in [1.54, 1.807) is 0 Å². The van der Waals surface area contributed by atoms with E-state index in [0.717, 1.165) is 32.4 Å². The monoisotopic (exact) mass is 310 g/mol. The average Bonchev–Trinajstić information content (AvgIpc) is 2.98. The molecule has 1 aromatic rings. The Hall–Kier alpha value is -1.10. The van der Waals surface area contributed by atoms with Crippen LogP contribution in [0.15, 0.2) is 24.3 Å². The van der Waals surface area contributed by atoms with E-state index in [4.69, 9.17) is 4.74 Å². The van der Waals surface area contributed by atoms with Crippen molar-refractivity contribution in [3.63, 3.8) is 0 Å². The smallest absolute Gasteiger partial charge is 0.222 e. The molecule has 1 aromatic carbocycles. The van der Waals surface area contributed by atoms with Gasteiger partial charge in [0.2, 0.25) is 5.91 Å². The normalized spacial score (nSPS) is 24.0. The summed E-state index contributed by atoms with van der Waals surface area (Å²) >= 11 is 0. The van der Waals surface area contributed by atoms with Gasteiger partial charge in [0.05, 0.1) is 12.5 Å². The Balaban J connectivity index is 0.00000161. The molecular formula is C16H23ClN2O2. The van der Waals surface area contributed by atoms with Crippen LogP contribution < -0.4 is 10.6 Å². The van der Waals surface area contributed by atoms with Crippen molar-refractivity contribution in [3.05, 3.63) is 35.4 Å². The Morgan fingerprint density at radius 1 is 1.38 bits per heavy atom. The fraction of sp³-hybridized carbons (Fsp3) is 0.562. The van der Waals surface area contributed by atoms with Crippen molar-refractivity contribution < 1.29 is 9.53 Å². The van der Waals surface area contributed by atoms with Gasteiger partial charge < -0.3 is 15.4 Å². The van der Waals surface area contributed by atoms with Crippen LogP contribution in [0, 0.1) is 0 Å². The van der Waals surface area contributed by atoms with Gasteiger partial charge in [-0.2, -0.15) is 0 Å². The van der Waals surface area contributed by atoms with Crippen molar-refractivity contribution in [1.82, 2.24) is 10.6 Å². The lowest BCUT2D eigenvalue weighted by molar-refractivity contribution is -0.123. The summed E-state index contributed by atoms with van der Waals surface area (Å²) in [6.45, 7) is 2.43. The second-order valence-corrected chi connectivity index (χ2v) is 5.60. The summed E-state index contributed by atoms with van der Waals surface area (Å²) in [5.41, 5.74) is 2.71. The molecule has 21 heavy (non-hydrogen) atoms. The Kier molecular flexibility index (Phi) is 6.03. The predicted octanol–water partition coefficient (Wildman–Crippen LogP) is 1.98. The number of hydrogen-bond acceptors (Lipinski definition) is 3. The van der Waals surface area contributed by atoms with Crippen LogP contribution >= 0.6 is 12.4 Å². The van der Waals surface area contributed by atoms with Gasteiger partial charge in [-0.1, -0.05) is 24.3 Å². The molecule has 2 aliphatic rings. The van der Waals surface area contributed by atoms with Crippen molar-refractivity contribution in [2.45, 2.75) is 37.8 Å². The summed E-state index contributed by atoms with van der Waals surface area (Å²) in [6, 6.07) is 8.70. The lowest BCUT2D eigenvalue weighted by Crippen LogP contribution is -2.39. The molecule has 0 saturated carbocycles. The van der Waals surface area contributed by atoms with Crippen LogP contribution in [-0.4, -0.2) is 31.7 Å². The van der Waals surface area contributed by atoms with Gasteiger partial charge in [0.25, 0.3) is 0 Å². The first-order valence-corrected chi connectivity index (χ1v) is 7.52. The van der Waals surface area contributed by atoms with E-state index >= 15 is 0 Å². The van der Waals surface area contributed by atoms with E-state index in [0.29, 0.717) is 13.0 Å². The molecule has 4 nitrogen and oxygen atoms in total. The molecule has 2 unspecified atom stereocenters. The number of fused-ring (bicyclic) bond motifs is 1. The van der Waals surface area contributed by atoms with Crippen molar-refractivity contribution in [2.24, 2.45) is 0 Å². The van der Waals surface area contributed by atoms with Gasteiger partial charge in [-0.3, -0.25) is 4.79 Å². The standard InChI is InChI=1S/C16H22N2O2.ClH/c19-16(10-13-5-3-9-20-13)18-11-15-14-6-2-1-4-12(14)7-8-17-15;/h1-2,4,6,13,15,17H,3,5,7-11H2,(H,18,19);1H. The first-order chi connectivity index (χ1) is 9.83. The van der Waals surface area contributed by atoms with Crippen molar-refractivity contribution in [1.29, 1.82) is 0 Å². The Labute approximate surface area is 132 Å². The quantitative estimate of drug-likeness (QED) is 0.894. The van der Waals surface area contributed by atoms with Crippen molar-refractivity contribution >= 4 is 18.3 Å². The SMILES string of the molecule is Cl.O=C(CC1CCCO1)NCC1NCCc2ccccc21. The fourth-order valence-corrected chi connectivity index (χ4v) is 3.08. The molecule has 2 N–H and O–H groups in total. The van der Waals surface area contributed by atoms with Crippen LogP contribution in [-0.2, 0) is 16.0 Å². The van der Waals surface area contributed by atoms with Gasteiger partial charge in [-0.25, -0.2) is 0 Å². The maximum Gasteiger partial charge on any atom is 0.222 e. The topological polar surface area (TPSA) is 50.4 Å². The third-order valence-electron chi connectivity index (χ3n) is 4.16. The summed E-state index contributed by atoms with van der Waals surface area (Å²) < 4.78 is 5.50. The fourth-order valence-electron chi connectivity index (χ4n) is 3.08. The minimum Gasteiger partial charge on any atom is -0.378 e. The number of amides is 1. The summed E-state index contributed by atoms with van der Waals surface area (Å²) in [5, 5.41) is 6.52. The van der Waals surface area contributed by atoms with Gasteiger partial charge in [-0.05, 0) is 36.9 Å². The van der Waals surface area contributed by atoms with E-state index in [1.807, 2.05) is 0 Å².